The molecule has 0 unspecified atom stereocenters. The molecule has 4 heteroatoms. The van der Waals surface area contributed by atoms with Gasteiger partial charge in [-0.15, -0.1) is 0 Å². The van der Waals surface area contributed by atoms with Gasteiger partial charge in [-0.05, 0) is 43.7 Å². The van der Waals surface area contributed by atoms with Crippen molar-refractivity contribution in [1.29, 1.82) is 0 Å². The molecule has 2 N–H and O–H groups in total. The van der Waals surface area contributed by atoms with E-state index >= 15 is 0 Å². The number of hydrogen-bond acceptors (Lipinski definition) is 3. The van der Waals surface area contributed by atoms with E-state index in [0.717, 1.165) is 31.6 Å². The Morgan fingerprint density at radius 3 is 2.88 bits per heavy atom. The lowest BCUT2D eigenvalue weighted by molar-refractivity contribution is 0.00495. The first-order valence-electron chi connectivity index (χ1n) is 6.16. The first-order valence-corrected chi connectivity index (χ1v) is 6.54. The number of halogens is 1. The molecule has 1 fully saturated rings. The predicted molar refractivity (Wildman–Crippen MR) is 70.3 cm³/mol. The van der Waals surface area contributed by atoms with E-state index in [9.17, 15) is 5.11 Å². The highest BCUT2D eigenvalue weighted by atomic mass is 35.5. The van der Waals surface area contributed by atoms with Gasteiger partial charge >= 0.3 is 0 Å². The van der Waals surface area contributed by atoms with Crippen molar-refractivity contribution in [2.75, 3.05) is 11.9 Å². The third kappa shape index (κ3) is 3.33. The molecule has 2 rings (SSSR count). The number of rotatable bonds is 3. The van der Waals surface area contributed by atoms with Crippen molar-refractivity contribution in [2.45, 2.75) is 38.2 Å². The quantitative estimate of drug-likeness (QED) is 0.871. The molecule has 0 radical (unpaired) electrons. The normalized spacial score (nSPS) is 29.0. The summed E-state index contributed by atoms with van der Waals surface area (Å²) in [6, 6.07) is 3.59. The Morgan fingerprint density at radius 2 is 2.24 bits per heavy atom. The van der Waals surface area contributed by atoms with Crippen LogP contribution in [-0.2, 0) is 0 Å². The minimum absolute atomic E-state index is 0.524. The second kappa shape index (κ2) is 5.23. The molecule has 1 aliphatic carbocycles. The molecule has 3 nitrogen and oxygen atoms in total. The second-order valence-electron chi connectivity index (χ2n) is 5.09. The number of anilines is 1. The second-order valence-corrected chi connectivity index (χ2v) is 5.50. The zero-order chi connectivity index (χ0) is 12.3. The molecule has 0 spiro atoms. The Bertz CT molecular complexity index is 375. The number of nitrogens with one attached hydrogen (secondary N) is 1. The van der Waals surface area contributed by atoms with E-state index in [1.165, 1.54) is 0 Å². The molecular weight excluding hydrogens is 236 g/mol. The third-order valence-electron chi connectivity index (χ3n) is 3.55. The zero-order valence-electron chi connectivity index (χ0n) is 10.1. The van der Waals surface area contributed by atoms with Crippen LogP contribution in [0.15, 0.2) is 18.3 Å². The van der Waals surface area contributed by atoms with Crippen LogP contribution in [0, 0.1) is 5.92 Å². The lowest BCUT2D eigenvalue weighted by Crippen LogP contribution is -2.40. The van der Waals surface area contributed by atoms with E-state index in [1.807, 2.05) is 0 Å². The summed E-state index contributed by atoms with van der Waals surface area (Å²) >= 11 is 6.00. The fraction of sp³-hybridized carbons (Fsp3) is 0.615. The van der Waals surface area contributed by atoms with Crippen molar-refractivity contribution in [2.24, 2.45) is 5.92 Å². The molecule has 0 aliphatic heterocycles. The highest BCUT2D eigenvalue weighted by Gasteiger charge is 2.31. The van der Waals surface area contributed by atoms with Crippen LogP contribution in [0.3, 0.4) is 0 Å². The largest absolute Gasteiger partial charge is 0.388 e. The van der Waals surface area contributed by atoms with Gasteiger partial charge in [0.1, 0.15) is 5.82 Å². The summed E-state index contributed by atoms with van der Waals surface area (Å²) in [6.07, 6.45) is 5.58. The Morgan fingerprint density at radius 1 is 1.53 bits per heavy atom. The number of hydrogen-bond donors (Lipinski definition) is 2. The SMILES string of the molecule is CC1CCC(O)(CNc2ncccc2Cl)CC1. The Hall–Kier alpha value is -0.800. The van der Waals surface area contributed by atoms with Gasteiger partial charge in [-0.2, -0.15) is 0 Å². The van der Waals surface area contributed by atoms with E-state index in [1.54, 1.807) is 18.3 Å². The number of nitrogens with zero attached hydrogens (tertiary/aromatic N) is 1. The van der Waals surface area contributed by atoms with Crippen LogP contribution >= 0.6 is 11.6 Å². The summed E-state index contributed by atoms with van der Waals surface area (Å²) in [5.41, 5.74) is -0.604. The van der Waals surface area contributed by atoms with Gasteiger partial charge in [0.15, 0.2) is 0 Å². The molecule has 0 amide bonds. The summed E-state index contributed by atoms with van der Waals surface area (Å²) in [5, 5.41) is 14.2. The van der Waals surface area contributed by atoms with E-state index in [4.69, 9.17) is 11.6 Å². The Balaban J connectivity index is 1.92. The minimum Gasteiger partial charge on any atom is -0.388 e. The van der Waals surface area contributed by atoms with E-state index < -0.39 is 5.60 Å². The van der Waals surface area contributed by atoms with Crippen molar-refractivity contribution in [3.63, 3.8) is 0 Å². The predicted octanol–water partition coefficient (Wildman–Crippen LogP) is 3.09. The smallest absolute Gasteiger partial charge is 0.144 e. The molecule has 17 heavy (non-hydrogen) atoms. The van der Waals surface area contributed by atoms with Crippen molar-refractivity contribution in [1.82, 2.24) is 4.98 Å². The lowest BCUT2D eigenvalue weighted by atomic mass is 9.79. The van der Waals surface area contributed by atoms with Gasteiger partial charge in [0.05, 0.1) is 10.6 Å². The van der Waals surface area contributed by atoms with Crippen molar-refractivity contribution in [3.05, 3.63) is 23.4 Å². The minimum atomic E-state index is -0.604. The Labute approximate surface area is 107 Å². The first kappa shape index (κ1) is 12.7. The molecule has 0 aromatic carbocycles. The molecule has 1 aromatic rings. The molecule has 0 bridgehead atoms. The van der Waals surface area contributed by atoms with Gasteiger partial charge in [0, 0.05) is 12.7 Å². The summed E-state index contributed by atoms with van der Waals surface area (Å²) in [5.74, 6) is 1.38. The average Bonchev–Trinajstić information content (AvgIpc) is 2.33. The average molecular weight is 255 g/mol. The summed E-state index contributed by atoms with van der Waals surface area (Å²) in [7, 11) is 0. The molecule has 1 aromatic heterocycles. The fourth-order valence-corrected chi connectivity index (χ4v) is 2.43. The number of pyridine rings is 1. The maximum Gasteiger partial charge on any atom is 0.144 e. The molecule has 1 saturated carbocycles. The van der Waals surface area contributed by atoms with Gasteiger partial charge in [0.2, 0.25) is 0 Å². The maximum absolute atomic E-state index is 10.4. The highest BCUT2D eigenvalue weighted by Crippen LogP contribution is 2.32. The summed E-state index contributed by atoms with van der Waals surface area (Å²) in [4.78, 5) is 4.15. The number of aromatic nitrogens is 1. The fourth-order valence-electron chi connectivity index (χ4n) is 2.24. The van der Waals surface area contributed by atoms with Crippen LogP contribution in [0.5, 0.6) is 0 Å². The summed E-state index contributed by atoms with van der Waals surface area (Å²) in [6.45, 7) is 2.76. The van der Waals surface area contributed by atoms with Gasteiger partial charge < -0.3 is 10.4 Å². The summed E-state index contributed by atoms with van der Waals surface area (Å²) < 4.78 is 0. The monoisotopic (exact) mass is 254 g/mol. The van der Waals surface area contributed by atoms with E-state index in [0.29, 0.717) is 17.4 Å². The van der Waals surface area contributed by atoms with Gasteiger partial charge in [-0.1, -0.05) is 18.5 Å². The Kier molecular flexibility index (Phi) is 3.89. The molecular formula is C13H19ClN2O. The van der Waals surface area contributed by atoms with Gasteiger partial charge in [-0.25, -0.2) is 4.98 Å². The topological polar surface area (TPSA) is 45.1 Å². The molecule has 0 saturated heterocycles. The lowest BCUT2D eigenvalue weighted by Gasteiger charge is -2.35. The van der Waals surface area contributed by atoms with E-state index in [-0.39, 0.29) is 0 Å². The van der Waals surface area contributed by atoms with Crippen LogP contribution in [0.4, 0.5) is 5.82 Å². The van der Waals surface area contributed by atoms with Crippen molar-refractivity contribution < 1.29 is 5.11 Å². The van der Waals surface area contributed by atoms with Crippen LogP contribution in [0.25, 0.3) is 0 Å². The van der Waals surface area contributed by atoms with Gasteiger partial charge in [-0.3, -0.25) is 0 Å². The van der Waals surface area contributed by atoms with Crippen molar-refractivity contribution in [3.8, 4) is 0 Å². The van der Waals surface area contributed by atoms with E-state index in [2.05, 4.69) is 17.2 Å². The zero-order valence-corrected chi connectivity index (χ0v) is 10.9. The van der Waals surface area contributed by atoms with Crippen molar-refractivity contribution >= 4 is 17.4 Å². The molecule has 94 valence electrons. The van der Waals surface area contributed by atoms with Crippen LogP contribution < -0.4 is 5.32 Å². The third-order valence-corrected chi connectivity index (χ3v) is 3.85. The van der Waals surface area contributed by atoms with Gasteiger partial charge in [0.25, 0.3) is 0 Å². The highest BCUT2D eigenvalue weighted by molar-refractivity contribution is 6.32. The maximum atomic E-state index is 10.4. The van der Waals surface area contributed by atoms with Crippen LogP contribution in [0.2, 0.25) is 5.02 Å². The van der Waals surface area contributed by atoms with Crippen LogP contribution in [0.1, 0.15) is 32.6 Å². The molecule has 1 heterocycles. The molecule has 0 atom stereocenters. The first-order chi connectivity index (χ1) is 8.09. The number of aliphatic hydroxyl groups is 1. The molecule has 1 aliphatic rings. The van der Waals surface area contributed by atoms with Crippen LogP contribution in [-0.4, -0.2) is 22.2 Å². The standard InChI is InChI=1S/C13H19ClN2O/c1-10-4-6-13(17,7-5-10)9-16-12-11(14)3-2-8-15-12/h2-3,8,10,17H,4-7,9H2,1H3,(H,15,16).